The standard InChI is InChI=1S/C8H16O2.C6H11NO2.C6H9NO2.C4H9NO2.C2H7NO4S.C2H5NO3/c1-3-5-7(6-4-2)8(9)10;2*1-2-5(7)3-4-6(8)9;5-3-1-2-4(6)7;3-1-2-7-8(4,5)6;3-6-1-2(4)5/h7H,3-6H2,1-2H3,(H,9,10);2,5H,1,3-4,7H2,(H,8,9);1,5H,3-4,7H2,(H,8,9);1-3,5H2,(H,6,7);1-3H2,(H,4,5,6);1,3H2,(H,4,5). The van der Waals surface area contributed by atoms with E-state index in [1.807, 2.05) is 13.8 Å². The van der Waals surface area contributed by atoms with Crippen molar-refractivity contribution in [2.24, 2.45) is 34.7 Å². The van der Waals surface area contributed by atoms with E-state index in [1.165, 1.54) is 0 Å². The zero-order valence-electron chi connectivity index (χ0n) is 28.1. The summed E-state index contributed by atoms with van der Waals surface area (Å²) in [7, 11) is -4.27. The number of carboxylic acid groups (broad SMARTS) is 5. The molecule has 2 atom stereocenters. The van der Waals surface area contributed by atoms with Crippen molar-refractivity contribution in [3.8, 4) is 12.3 Å². The van der Waals surface area contributed by atoms with Crippen molar-refractivity contribution in [2.45, 2.75) is 90.1 Å². The fourth-order valence-electron chi connectivity index (χ4n) is 2.34. The van der Waals surface area contributed by atoms with Crippen molar-refractivity contribution >= 4 is 40.2 Å². The molecule has 0 aliphatic rings. The molecule has 49 heavy (non-hydrogen) atoms. The van der Waals surface area contributed by atoms with Crippen LogP contribution < -0.4 is 28.8 Å². The van der Waals surface area contributed by atoms with E-state index in [2.05, 4.69) is 27.4 Å². The van der Waals surface area contributed by atoms with Gasteiger partial charge in [-0.15, -0.1) is 13.0 Å². The highest BCUT2D eigenvalue weighted by molar-refractivity contribution is 7.80. The van der Waals surface area contributed by atoms with E-state index in [1.54, 1.807) is 6.08 Å². The molecule has 21 heteroatoms. The van der Waals surface area contributed by atoms with E-state index < -0.39 is 52.9 Å². The Morgan fingerprint density at radius 3 is 1.47 bits per heavy atom. The third kappa shape index (κ3) is 76.0. The Kier molecular flexibility index (Phi) is 49.7. The molecule has 0 aromatic heterocycles. The number of nitrogens with two attached hydrogens (primary N) is 5. The number of terminal acetylenes is 1. The highest BCUT2D eigenvalue weighted by Crippen LogP contribution is 2.12. The van der Waals surface area contributed by atoms with Gasteiger partial charge in [0.25, 0.3) is 0 Å². The van der Waals surface area contributed by atoms with Crippen LogP contribution in [0, 0.1) is 18.3 Å². The Labute approximate surface area is 287 Å². The number of carboxylic acids is 5. The normalized spacial score (nSPS) is 10.8. The van der Waals surface area contributed by atoms with Crippen LogP contribution >= 0.6 is 0 Å². The van der Waals surface area contributed by atoms with Crippen molar-refractivity contribution in [3.05, 3.63) is 12.7 Å². The molecule has 0 spiro atoms. The van der Waals surface area contributed by atoms with E-state index in [9.17, 15) is 32.4 Å². The molecular formula is C28H57N5O15S. The van der Waals surface area contributed by atoms with Gasteiger partial charge in [-0.1, -0.05) is 38.7 Å². The third-order valence-corrected chi connectivity index (χ3v) is 5.12. The first-order valence-electron chi connectivity index (χ1n) is 14.7. The van der Waals surface area contributed by atoms with Gasteiger partial charge in [-0.25, -0.2) is 14.9 Å². The second-order valence-corrected chi connectivity index (χ2v) is 10.3. The minimum absolute atomic E-state index is 0.0470. The number of carbonyl (C=O) groups is 5. The largest absolute Gasteiger partial charge is 0.481 e. The van der Waals surface area contributed by atoms with E-state index in [-0.39, 0.29) is 44.4 Å². The minimum atomic E-state index is -4.27. The average molecular weight is 736 g/mol. The topological polar surface area (TPSA) is 389 Å². The van der Waals surface area contributed by atoms with Gasteiger partial charge in [0.15, 0.2) is 6.61 Å². The maximum atomic E-state index is 10.5. The zero-order chi connectivity index (χ0) is 39.8. The van der Waals surface area contributed by atoms with Gasteiger partial charge in [-0.2, -0.15) is 8.42 Å². The van der Waals surface area contributed by atoms with Gasteiger partial charge in [0, 0.05) is 31.8 Å². The lowest BCUT2D eigenvalue weighted by Gasteiger charge is -2.07. The van der Waals surface area contributed by atoms with E-state index >= 15 is 0 Å². The molecule has 2 unspecified atom stereocenters. The first-order valence-corrected chi connectivity index (χ1v) is 16.1. The lowest BCUT2D eigenvalue weighted by molar-refractivity contribution is -0.143. The Bertz CT molecular complexity index is 1000. The van der Waals surface area contributed by atoms with Crippen LogP contribution in [0.3, 0.4) is 0 Å². The van der Waals surface area contributed by atoms with Crippen molar-refractivity contribution in [1.82, 2.24) is 0 Å². The molecule has 16 N–H and O–H groups in total. The second-order valence-electron chi connectivity index (χ2n) is 9.18. The van der Waals surface area contributed by atoms with Crippen LogP contribution in [0.25, 0.3) is 0 Å². The molecule has 0 heterocycles. The predicted octanol–water partition coefficient (Wildman–Crippen LogP) is -0.000700. The quantitative estimate of drug-likeness (QED) is 0.0339. The number of hydrogen-bond donors (Lipinski definition) is 11. The fraction of sp³-hybridized carbons (Fsp3) is 0.679. The molecule has 0 saturated heterocycles. The Morgan fingerprint density at radius 2 is 1.27 bits per heavy atom. The van der Waals surface area contributed by atoms with Gasteiger partial charge in [0.05, 0.1) is 18.6 Å². The van der Waals surface area contributed by atoms with Gasteiger partial charge in [-0.3, -0.25) is 28.6 Å². The number of rotatable bonds is 20. The molecule has 0 aromatic rings. The van der Waals surface area contributed by atoms with Crippen LogP contribution in [0.15, 0.2) is 12.7 Å². The molecule has 0 bridgehead atoms. The summed E-state index contributed by atoms with van der Waals surface area (Å²) >= 11 is 0. The third-order valence-electron chi connectivity index (χ3n) is 4.65. The fourth-order valence-corrected chi connectivity index (χ4v) is 2.64. The van der Waals surface area contributed by atoms with Crippen LogP contribution in [0.4, 0.5) is 0 Å². The summed E-state index contributed by atoms with van der Waals surface area (Å²) in [6.45, 7) is 7.38. The Balaban J connectivity index is -0.000000114. The van der Waals surface area contributed by atoms with Crippen LogP contribution in [0.5, 0.6) is 0 Å². The van der Waals surface area contributed by atoms with Gasteiger partial charge in [0.1, 0.15) is 0 Å². The lowest BCUT2D eigenvalue weighted by atomic mass is 9.99. The molecule has 0 radical (unpaired) electrons. The molecule has 0 aliphatic carbocycles. The molecule has 0 aromatic carbocycles. The SMILES string of the molecule is C#CC(N)CCC(=O)O.C=CC(N)CCC(=O)O.CCCC(CCC)C(=O)O.NCCCC(=O)O.NCCOS(=O)(=O)O.NOCC(=O)O. The van der Waals surface area contributed by atoms with Crippen molar-refractivity contribution < 1.29 is 71.5 Å². The lowest BCUT2D eigenvalue weighted by Crippen LogP contribution is -2.18. The summed E-state index contributed by atoms with van der Waals surface area (Å²) in [5.41, 5.74) is 20.4. The number of aliphatic carboxylic acids is 5. The summed E-state index contributed by atoms with van der Waals surface area (Å²) < 4.78 is 31.0. The van der Waals surface area contributed by atoms with E-state index in [0.29, 0.717) is 25.8 Å². The molecule has 0 saturated carbocycles. The van der Waals surface area contributed by atoms with Crippen LogP contribution in [0.1, 0.15) is 78.1 Å². The monoisotopic (exact) mass is 735 g/mol. The first-order chi connectivity index (χ1) is 22.6. The second kappa shape index (κ2) is 42.3. The first kappa shape index (κ1) is 57.5. The highest BCUT2D eigenvalue weighted by Gasteiger charge is 2.13. The highest BCUT2D eigenvalue weighted by atomic mass is 32.3. The smallest absolute Gasteiger partial charge is 0.397 e. The Hall–Kier alpha value is -3.72. The van der Waals surface area contributed by atoms with Crippen LogP contribution in [-0.4, -0.2) is 107 Å². The van der Waals surface area contributed by atoms with Gasteiger partial charge in [0.2, 0.25) is 0 Å². The van der Waals surface area contributed by atoms with Gasteiger partial charge in [-0.05, 0) is 38.6 Å². The van der Waals surface area contributed by atoms with E-state index in [4.69, 9.17) is 59.4 Å². The van der Waals surface area contributed by atoms with Crippen molar-refractivity contribution in [3.63, 3.8) is 0 Å². The van der Waals surface area contributed by atoms with Crippen LogP contribution in [0.2, 0.25) is 0 Å². The summed E-state index contributed by atoms with van der Waals surface area (Å²) in [5.74, 6) is 2.34. The summed E-state index contributed by atoms with van der Waals surface area (Å²) in [6.07, 6.45) is 11.8. The van der Waals surface area contributed by atoms with E-state index in [0.717, 1.165) is 25.7 Å². The maximum absolute atomic E-state index is 10.5. The zero-order valence-corrected chi connectivity index (χ0v) is 29.0. The summed E-state index contributed by atoms with van der Waals surface area (Å²) in [6, 6.07) is -0.595. The molecule has 0 amide bonds. The molecule has 0 fully saturated rings. The number of hydrogen-bond acceptors (Lipinski definition) is 14. The van der Waals surface area contributed by atoms with Crippen molar-refractivity contribution in [2.75, 3.05) is 26.3 Å². The predicted molar refractivity (Wildman–Crippen MR) is 180 cm³/mol. The average Bonchev–Trinajstić information content (AvgIpc) is 3.01. The summed E-state index contributed by atoms with van der Waals surface area (Å²) in [5, 5.41) is 40.6. The van der Waals surface area contributed by atoms with Crippen LogP contribution in [-0.2, 0) is 43.4 Å². The minimum Gasteiger partial charge on any atom is -0.481 e. The maximum Gasteiger partial charge on any atom is 0.397 e. The molecular weight excluding hydrogens is 678 g/mol. The van der Waals surface area contributed by atoms with Gasteiger partial charge >= 0.3 is 40.2 Å². The molecule has 20 nitrogen and oxygen atoms in total. The van der Waals surface area contributed by atoms with Crippen molar-refractivity contribution in [1.29, 1.82) is 0 Å². The molecule has 0 rings (SSSR count). The molecule has 290 valence electrons. The molecule has 0 aliphatic heterocycles. The Morgan fingerprint density at radius 1 is 0.816 bits per heavy atom. The summed E-state index contributed by atoms with van der Waals surface area (Å²) in [4.78, 5) is 53.1. The van der Waals surface area contributed by atoms with Gasteiger partial charge < -0.3 is 48.5 Å².